The normalized spacial score (nSPS) is 17.8. The van der Waals surface area contributed by atoms with Crippen molar-refractivity contribution in [3.63, 3.8) is 0 Å². The van der Waals surface area contributed by atoms with Crippen LogP contribution in [-0.2, 0) is 14.3 Å². The monoisotopic (exact) mass is 1270 g/mol. The second kappa shape index (κ2) is 70.5. The zero-order valence-corrected chi connectivity index (χ0v) is 60.2. The lowest BCUT2D eigenvalue weighted by molar-refractivity contribution is -0.302. The fourth-order valence-corrected chi connectivity index (χ4v) is 13.5. The maximum atomic E-state index is 13.2. The molecule has 0 spiro atoms. The van der Waals surface area contributed by atoms with Gasteiger partial charge in [-0.2, -0.15) is 0 Å². The van der Waals surface area contributed by atoms with E-state index in [4.69, 9.17) is 9.47 Å². The Hall–Kier alpha value is -1.33. The smallest absolute Gasteiger partial charge is 0.220 e. The van der Waals surface area contributed by atoms with E-state index in [9.17, 15) is 30.3 Å². The van der Waals surface area contributed by atoms with E-state index in [1.807, 2.05) is 6.08 Å². The highest BCUT2D eigenvalue weighted by Gasteiger charge is 2.44. The van der Waals surface area contributed by atoms with Gasteiger partial charge < -0.3 is 40.3 Å². The molecule has 0 saturated carbocycles. The van der Waals surface area contributed by atoms with Crippen LogP contribution in [0.2, 0.25) is 0 Å². The summed E-state index contributed by atoms with van der Waals surface area (Å²) in [6.45, 7) is 3.85. The number of unbranched alkanes of at least 4 members (excludes halogenated alkanes) is 61. The highest BCUT2D eigenvalue weighted by Crippen LogP contribution is 2.24. The first-order valence-corrected chi connectivity index (χ1v) is 40.6. The summed E-state index contributed by atoms with van der Waals surface area (Å²) in [7, 11) is 0. The summed E-state index contributed by atoms with van der Waals surface area (Å²) in [4.78, 5) is 13.2. The molecule has 7 unspecified atom stereocenters. The molecule has 1 fully saturated rings. The van der Waals surface area contributed by atoms with Crippen LogP contribution >= 0.6 is 0 Å². The predicted molar refractivity (Wildman–Crippen MR) is 387 cm³/mol. The lowest BCUT2D eigenvalue weighted by atomic mass is 9.99. The number of ether oxygens (including phenoxy) is 2. The first-order valence-electron chi connectivity index (χ1n) is 40.6. The van der Waals surface area contributed by atoms with E-state index in [1.165, 1.54) is 372 Å². The number of carbonyl (C=O) groups is 1. The summed E-state index contributed by atoms with van der Waals surface area (Å²) in [6, 6.07) is -0.804. The van der Waals surface area contributed by atoms with Gasteiger partial charge in [-0.05, 0) is 44.9 Å². The Labute approximate surface area is 559 Å². The average molecular weight is 1270 g/mol. The van der Waals surface area contributed by atoms with E-state index in [2.05, 4.69) is 31.3 Å². The van der Waals surface area contributed by atoms with Crippen molar-refractivity contribution in [2.45, 2.75) is 474 Å². The molecule has 0 radical (unpaired) electrons. The number of aliphatic hydroxyl groups excluding tert-OH is 5. The van der Waals surface area contributed by atoms with Gasteiger partial charge in [-0.1, -0.05) is 404 Å². The number of carbonyl (C=O) groups excluding carboxylic acids is 1. The Balaban J connectivity index is 2.05. The third-order valence-electron chi connectivity index (χ3n) is 19.8. The Morgan fingerprint density at radius 1 is 0.367 bits per heavy atom. The number of rotatable bonds is 73. The summed E-state index contributed by atoms with van der Waals surface area (Å²) in [5.74, 6) is -0.166. The van der Waals surface area contributed by atoms with Crippen molar-refractivity contribution in [2.75, 3.05) is 13.2 Å². The third kappa shape index (κ3) is 58.1. The Morgan fingerprint density at radius 3 is 0.900 bits per heavy atom. The zero-order valence-electron chi connectivity index (χ0n) is 60.2. The first-order chi connectivity index (χ1) is 44.3. The highest BCUT2D eigenvalue weighted by molar-refractivity contribution is 5.76. The average Bonchev–Trinajstić information content (AvgIpc) is 1.28. The number of hydrogen-bond donors (Lipinski definition) is 6. The van der Waals surface area contributed by atoms with Crippen molar-refractivity contribution in [3.8, 4) is 0 Å². The van der Waals surface area contributed by atoms with Crippen molar-refractivity contribution >= 4 is 5.91 Å². The molecule has 9 nitrogen and oxygen atoms in total. The van der Waals surface area contributed by atoms with Crippen LogP contribution < -0.4 is 5.32 Å². The SMILES string of the molecule is CCCCCCCCCC/C=C\CCCCCCCCCCCCCCCCCCCCCCCCCCCC(=O)NC(COC1OC(CO)C(O)C(O)C1O)C(O)/C=C/CCCCCCCCCCCCCCCCCCCCCCCCCCCCCC. The fraction of sp³-hybridized carbons (Fsp3) is 0.938. The lowest BCUT2D eigenvalue weighted by Gasteiger charge is -2.40. The van der Waals surface area contributed by atoms with Crippen molar-refractivity contribution in [1.29, 1.82) is 0 Å². The topological polar surface area (TPSA) is 149 Å². The molecule has 1 rings (SSSR count). The summed E-state index contributed by atoms with van der Waals surface area (Å²) in [5.41, 5.74) is 0. The van der Waals surface area contributed by atoms with Crippen LogP contribution in [0.3, 0.4) is 0 Å². The Kier molecular flexibility index (Phi) is 67.9. The minimum Gasteiger partial charge on any atom is -0.394 e. The first kappa shape index (κ1) is 86.7. The number of nitrogens with one attached hydrogen (secondary N) is 1. The van der Waals surface area contributed by atoms with Crippen LogP contribution in [0.1, 0.15) is 431 Å². The van der Waals surface area contributed by atoms with Crippen LogP contribution in [0.5, 0.6) is 0 Å². The standard InChI is InChI=1S/C81H157NO8/c1-3-5-7-9-11-13-15-17-19-21-23-25-27-29-31-33-35-36-37-38-39-40-41-43-45-47-49-51-53-55-57-59-61-63-65-67-69-71-77(85)82-74(73-89-81-80(88)79(87)78(86)76(72-83)90-81)75(84)70-68-66-64-62-60-58-56-54-52-50-48-46-44-42-34-32-30-28-26-24-22-20-18-16-14-12-10-8-6-4-2/h21,23,68,70,74-76,78-81,83-84,86-88H,3-20,22,24-67,69,71-73H2,1-2H3,(H,82,85)/b23-21-,70-68+. The van der Waals surface area contributed by atoms with Gasteiger partial charge in [0.1, 0.15) is 24.4 Å². The molecule has 0 aliphatic carbocycles. The van der Waals surface area contributed by atoms with Crippen molar-refractivity contribution < 1.29 is 39.8 Å². The molecule has 0 aromatic carbocycles. The molecule has 1 saturated heterocycles. The van der Waals surface area contributed by atoms with E-state index < -0.39 is 49.5 Å². The summed E-state index contributed by atoms with van der Waals surface area (Å²) < 4.78 is 11.4. The molecule has 534 valence electrons. The molecule has 1 amide bonds. The maximum absolute atomic E-state index is 13.2. The van der Waals surface area contributed by atoms with Gasteiger partial charge in [0.15, 0.2) is 6.29 Å². The van der Waals surface area contributed by atoms with Gasteiger partial charge in [0.2, 0.25) is 5.91 Å². The highest BCUT2D eigenvalue weighted by atomic mass is 16.7. The van der Waals surface area contributed by atoms with Crippen LogP contribution in [0, 0.1) is 0 Å². The van der Waals surface area contributed by atoms with Crippen molar-refractivity contribution in [2.24, 2.45) is 0 Å². The molecular weight excluding hydrogens is 1110 g/mol. The van der Waals surface area contributed by atoms with Gasteiger partial charge in [0, 0.05) is 6.42 Å². The van der Waals surface area contributed by atoms with Crippen molar-refractivity contribution in [3.05, 3.63) is 24.3 Å². The third-order valence-corrected chi connectivity index (χ3v) is 19.8. The molecule has 1 heterocycles. The number of amides is 1. The molecule has 6 N–H and O–H groups in total. The number of allylic oxidation sites excluding steroid dienone is 3. The van der Waals surface area contributed by atoms with Crippen LogP contribution in [0.15, 0.2) is 24.3 Å². The van der Waals surface area contributed by atoms with Crippen LogP contribution in [-0.4, -0.2) is 87.5 Å². The molecule has 9 heteroatoms. The second-order valence-electron chi connectivity index (χ2n) is 28.6. The summed E-state index contributed by atoms with van der Waals surface area (Å²) in [6.07, 6.45) is 87.7. The molecule has 1 aliphatic heterocycles. The minimum atomic E-state index is -1.57. The largest absolute Gasteiger partial charge is 0.394 e. The second-order valence-corrected chi connectivity index (χ2v) is 28.6. The fourth-order valence-electron chi connectivity index (χ4n) is 13.5. The number of hydrogen-bond acceptors (Lipinski definition) is 8. The van der Waals surface area contributed by atoms with E-state index >= 15 is 0 Å². The van der Waals surface area contributed by atoms with E-state index in [-0.39, 0.29) is 12.5 Å². The predicted octanol–water partition coefficient (Wildman–Crippen LogP) is 23.2. The van der Waals surface area contributed by atoms with E-state index in [1.54, 1.807) is 6.08 Å². The maximum Gasteiger partial charge on any atom is 0.220 e. The molecule has 90 heavy (non-hydrogen) atoms. The van der Waals surface area contributed by atoms with E-state index in [0.717, 1.165) is 38.5 Å². The molecule has 0 bridgehead atoms. The Bertz CT molecular complexity index is 1480. The molecule has 7 atom stereocenters. The van der Waals surface area contributed by atoms with Gasteiger partial charge >= 0.3 is 0 Å². The van der Waals surface area contributed by atoms with E-state index in [0.29, 0.717) is 6.42 Å². The van der Waals surface area contributed by atoms with Gasteiger partial charge in [-0.15, -0.1) is 0 Å². The molecule has 0 aromatic heterocycles. The van der Waals surface area contributed by atoms with Gasteiger partial charge in [0.25, 0.3) is 0 Å². The minimum absolute atomic E-state index is 0.166. The van der Waals surface area contributed by atoms with Gasteiger partial charge in [0.05, 0.1) is 25.4 Å². The Morgan fingerprint density at radius 2 is 0.622 bits per heavy atom. The van der Waals surface area contributed by atoms with Crippen molar-refractivity contribution in [1.82, 2.24) is 5.32 Å². The lowest BCUT2D eigenvalue weighted by Crippen LogP contribution is -2.60. The van der Waals surface area contributed by atoms with Gasteiger partial charge in [-0.25, -0.2) is 0 Å². The molecular formula is C81H157NO8. The van der Waals surface area contributed by atoms with Crippen LogP contribution in [0.4, 0.5) is 0 Å². The summed E-state index contributed by atoms with van der Waals surface area (Å²) >= 11 is 0. The quantitative estimate of drug-likeness (QED) is 0.0261. The van der Waals surface area contributed by atoms with Crippen LogP contribution in [0.25, 0.3) is 0 Å². The molecule has 0 aromatic rings. The zero-order chi connectivity index (χ0) is 64.9. The van der Waals surface area contributed by atoms with Gasteiger partial charge in [-0.3, -0.25) is 4.79 Å². The molecule has 1 aliphatic rings. The summed E-state index contributed by atoms with van der Waals surface area (Å²) in [5, 5.41) is 54.9. The number of aliphatic hydroxyl groups is 5.